The van der Waals surface area contributed by atoms with Crippen LogP contribution in [0.5, 0.6) is 0 Å². The molecule has 2 aromatic rings. The van der Waals surface area contributed by atoms with Crippen molar-refractivity contribution in [2.45, 2.75) is 33.6 Å². The molecular weight excluding hydrogens is 340 g/mol. The SMILES string of the molecule is CCCN(CCC)C(=O)c1cccc(C(=O)Nc2cccc(C(C)=O)c2)c1. The van der Waals surface area contributed by atoms with Gasteiger partial charge in [0.2, 0.25) is 0 Å². The maximum Gasteiger partial charge on any atom is 0.255 e. The van der Waals surface area contributed by atoms with Gasteiger partial charge < -0.3 is 10.2 Å². The van der Waals surface area contributed by atoms with Crippen molar-refractivity contribution in [1.29, 1.82) is 0 Å². The summed E-state index contributed by atoms with van der Waals surface area (Å²) in [5, 5.41) is 2.78. The van der Waals surface area contributed by atoms with Crippen LogP contribution in [0.1, 0.15) is 64.7 Å². The van der Waals surface area contributed by atoms with E-state index in [1.807, 2.05) is 18.7 Å². The van der Waals surface area contributed by atoms with Crippen LogP contribution >= 0.6 is 0 Å². The molecule has 142 valence electrons. The molecule has 0 saturated heterocycles. The van der Waals surface area contributed by atoms with Crippen LogP contribution in [0, 0.1) is 0 Å². The molecule has 0 saturated carbocycles. The molecule has 0 aliphatic carbocycles. The highest BCUT2D eigenvalue weighted by atomic mass is 16.2. The van der Waals surface area contributed by atoms with E-state index in [0.29, 0.717) is 35.5 Å². The average molecular weight is 366 g/mol. The van der Waals surface area contributed by atoms with E-state index in [-0.39, 0.29) is 17.6 Å². The summed E-state index contributed by atoms with van der Waals surface area (Å²) >= 11 is 0. The van der Waals surface area contributed by atoms with Crippen molar-refractivity contribution in [2.75, 3.05) is 18.4 Å². The Kier molecular flexibility index (Phi) is 7.29. The zero-order valence-electron chi connectivity index (χ0n) is 16.1. The fraction of sp³-hybridized carbons (Fsp3) is 0.318. The molecule has 2 rings (SSSR count). The third kappa shape index (κ3) is 5.51. The van der Waals surface area contributed by atoms with E-state index in [4.69, 9.17) is 0 Å². The molecule has 0 aliphatic rings. The first-order valence-electron chi connectivity index (χ1n) is 9.28. The Morgan fingerprint density at radius 1 is 0.852 bits per heavy atom. The maximum absolute atomic E-state index is 12.7. The topological polar surface area (TPSA) is 66.5 Å². The van der Waals surface area contributed by atoms with Gasteiger partial charge in [0, 0.05) is 35.5 Å². The first-order chi connectivity index (χ1) is 13.0. The molecule has 2 amide bonds. The quantitative estimate of drug-likeness (QED) is 0.704. The fourth-order valence-corrected chi connectivity index (χ4v) is 2.85. The molecular formula is C22H26N2O3. The van der Waals surface area contributed by atoms with Gasteiger partial charge in [0.1, 0.15) is 0 Å². The molecule has 27 heavy (non-hydrogen) atoms. The van der Waals surface area contributed by atoms with E-state index >= 15 is 0 Å². The van der Waals surface area contributed by atoms with Gasteiger partial charge in [-0.2, -0.15) is 0 Å². The lowest BCUT2D eigenvalue weighted by atomic mass is 10.1. The molecule has 0 unspecified atom stereocenters. The molecule has 0 bridgehead atoms. The van der Waals surface area contributed by atoms with Gasteiger partial charge in [0.15, 0.2) is 5.78 Å². The minimum absolute atomic E-state index is 0.0630. The Bertz CT molecular complexity index is 824. The second kappa shape index (κ2) is 9.67. The molecule has 2 aromatic carbocycles. The van der Waals surface area contributed by atoms with E-state index in [1.54, 1.807) is 48.5 Å². The minimum Gasteiger partial charge on any atom is -0.339 e. The Hall–Kier alpha value is -2.95. The van der Waals surface area contributed by atoms with Crippen molar-refractivity contribution in [1.82, 2.24) is 4.90 Å². The number of nitrogens with zero attached hydrogens (tertiary/aromatic N) is 1. The number of benzene rings is 2. The van der Waals surface area contributed by atoms with Crippen LogP contribution in [0.25, 0.3) is 0 Å². The lowest BCUT2D eigenvalue weighted by molar-refractivity contribution is 0.0755. The van der Waals surface area contributed by atoms with Crippen molar-refractivity contribution < 1.29 is 14.4 Å². The molecule has 0 atom stereocenters. The monoisotopic (exact) mass is 366 g/mol. The molecule has 0 spiro atoms. The van der Waals surface area contributed by atoms with Crippen LogP contribution in [-0.4, -0.2) is 35.6 Å². The summed E-state index contributed by atoms with van der Waals surface area (Å²) in [7, 11) is 0. The summed E-state index contributed by atoms with van der Waals surface area (Å²) in [6, 6.07) is 13.5. The summed E-state index contributed by atoms with van der Waals surface area (Å²) in [5.41, 5.74) is 1.98. The lowest BCUT2D eigenvalue weighted by Crippen LogP contribution is -2.32. The zero-order valence-corrected chi connectivity index (χ0v) is 16.1. The van der Waals surface area contributed by atoms with Gasteiger partial charge in [-0.3, -0.25) is 14.4 Å². The van der Waals surface area contributed by atoms with E-state index < -0.39 is 0 Å². The first-order valence-corrected chi connectivity index (χ1v) is 9.28. The standard InChI is InChI=1S/C22H26N2O3/c1-4-12-24(13-5-2)22(27)19-10-6-9-18(14-19)21(26)23-20-11-7-8-17(15-20)16(3)25/h6-11,14-15H,4-5,12-13H2,1-3H3,(H,23,26). The third-order valence-corrected chi connectivity index (χ3v) is 4.17. The maximum atomic E-state index is 12.7. The van der Waals surface area contributed by atoms with Crippen LogP contribution in [-0.2, 0) is 0 Å². The fourth-order valence-electron chi connectivity index (χ4n) is 2.85. The highest BCUT2D eigenvalue weighted by molar-refractivity contribution is 6.06. The van der Waals surface area contributed by atoms with E-state index in [1.165, 1.54) is 6.92 Å². The van der Waals surface area contributed by atoms with Gasteiger partial charge in [-0.15, -0.1) is 0 Å². The van der Waals surface area contributed by atoms with Gasteiger partial charge >= 0.3 is 0 Å². The smallest absolute Gasteiger partial charge is 0.255 e. The minimum atomic E-state index is -0.317. The average Bonchev–Trinajstić information content (AvgIpc) is 2.67. The summed E-state index contributed by atoms with van der Waals surface area (Å²) in [6.07, 6.45) is 1.77. The number of Topliss-reactive ketones (excluding diaryl/α,β-unsaturated/α-hetero) is 1. The number of hydrogen-bond acceptors (Lipinski definition) is 3. The summed E-state index contributed by atoms with van der Waals surface area (Å²) in [4.78, 5) is 38.6. The van der Waals surface area contributed by atoms with Crippen LogP contribution < -0.4 is 5.32 Å². The third-order valence-electron chi connectivity index (χ3n) is 4.17. The Labute approximate surface area is 160 Å². The molecule has 5 heteroatoms. The Morgan fingerprint density at radius 3 is 2.07 bits per heavy atom. The van der Waals surface area contributed by atoms with Crippen molar-refractivity contribution >= 4 is 23.3 Å². The predicted octanol–water partition coefficient (Wildman–Crippen LogP) is 4.40. The lowest BCUT2D eigenvalue weighted by Gasteiger charge is -2.21. The number of carbonyl (C=O) groups is 3. The predicted molar refractivity (Wildman–Crippen MR) is 107 cm³/mol. The van der Waals surface area contributed by atoms with Crippen molar-refractivity contribution in [3.63, 3.8) is 0 Å². The van der Waals surface area contributed by atoms with Crippen LogP contribution in [0.2, 0.25) is 0 Å². The first kappa shape index (κ1) is 20.4. The number of anilines is 1. The number of rotatable bonds is 8. The van der Waals surface area contributed by atoms with Gasteiger partial charge in [-0.05, 0) is 50.1 Å². The summed E-state index contributed by atoms with van der Waals surface area (Å²) < 4.78 is 0. The number of hydrogen-bond donors (Lipinski definition) is 1. The molecule has 0 heterocycles. The highest BCUT2D eigenvalue weighted by Crippen LogP contribution is 2.15. The van der Waals surface area contributed by atoms with Gasteiger partial charge in [0.05, 0.1) is 0 Å². The summed E-state index contributed by atoms with van der Waals surface area (Å²) in [5.74, 6) is -0.444. The van der Waals surface area contributed by atoms with Gasteiger partial charge in [0.25, 0.3) is 11.8 Å². The molecule has 0 aromatic heterocycles. The number of carbonyl (C=O) groups excluding carboxylic acids is 3. The molecule has 5 nitrogen and oxygen atoms in total. The van der Waals surface area contributed by atoms with E-state index in [0.717, 1.165) is 12.8 Å². The van der Waals surface area contributed by atoms with E-state index in [2.05, 4.69) is 5.32 Å². The largest absolute Gasteiger partial charge is 0.339 e. The molecule has 1 N–H and O–H groups in total. The molecule has 0 aliphatic heterocycles. The van der Waals surface area contributed by atoms with Crippen LogP contribution in [0.4, 0.5) is 5.69 Å². The Balaban J connectivity index is 2.18. The van der Waals surface area contributed by atoms with Crippen molar-refractivity contribution in [3.05, 3.63) is 65.2 Å². The molecule has 0 fully saturated rings. The van der Waals surface area contributed by atoms with Gasteiger partial charge in [-0.1, -0.05) is 32.0 Å². The zero-order chi connectivity index (χ0) is 19.8. The van der Waals surface area contributed by atoms with Crippen LogP contribution in [0.15, 0.2) is 48.5 Å². The second-order valence-corrected chi connectivity index (χ2v) is 6.46. The highest BCUT2D eigenvalue weighted by Gasteiger charge is 2.16. The molecule has 0 radical (unpaired) electrons. The van der Waals surface area contributed by atoms with Gasteiger partial charge in [-0.25, -0.2) is 0 Å². The summed E-state index contributed by atoms with van der Waals surface area (Å²) in [6.45, 7) is 6.94. The number of nitrogens with one attached hydrogen (secondary N) is 1. The normalized spacial score (nSPS) is 10.3. The number of ketones is 1. The van der Waals surface area contributed by atoms with Crippen molar-refractivity contribution in [2.24, 2.45) is 0 Å². The van der Waals surface area contributed by atoms with Crippen molar-refractivity contribution in [3.8, 4) is 0 Å². The van der Waals surface area contributed by atoms with Crippen LogP contribution in [0.3, 0.4) is 0 Å². The second-order valence-electron chi connectivity index (χ2n) is 6.46. The number of amides is 2. The Morgan fingerprint density at radius 2 is 1.44 bits per heavy atom. The van der Waals surface area contributed by atoms with E-state index in [9.17, 15) is 14.4 Å².